The Kier molecular flexibility index (Phi) is 7.12. The Morgan fingerprint density at radius 2 is 2.15 bits per heavy atom. The van der Waals surface area contributed by atoms with Crippen LogP contribution in [0.15, 0.2) is 4.94 Å². The molecule has 5 N–H and O–H groups in total. The van der Waals surface area contributed by atoms with Crippen molar-refractivity contribution >= 4 is 34.2 Å². The third kappa shape index (κ3) is 5.45. The van der Waals surface area contributed by atoms with E-state index in [1.54, 1.807) is 6.92 Å². The number of nitrogens with two attached hydrogens (primary N) is 1. The number of carbonyl (C=O) groups is 2. The van der Waals surface area contributed by atoms with Crippen molar-refractivity contribution in [1.29, 1.82) is 0 Å². The molecule has 0 aromatic carbocycles. The predicted molar refractivity (Wildman–Crippen MR) is 86.1 cm³/mol. The van der Waals surface area contributed by atoms with Gasteiger partial charge in [0.15, 0.2) is 0 Å². The summed E-state index contributed by atoms with van der Waals surface area (Å²) < 4.78 is 26.5. The summed E-state index contributed by atoms with van der Waals surface area (Å²) in [5.41, 5.74) is 5.21. The Labute approximate surface area is 154 Å². The van der Waals surface area contributed by atoms with Crippen LogP contribution in [0.5, 0.6) is 0 Å². The summed E-state index contributed by atoms with van der Waals surface area (Å²) in [6.07, 6.45) is -4.01. The van der Waals surface area contributed by atoms with Gasteiger partial charge in [0.05, 0.1) is 0 Å². The van der Waals surface area contributed by atoms with Gasteiger partial charge in [-0.05, 0) is 0 Å². The van der Waals surface area contributed by atoms with Crippen LogP contribution < -0.4 is 5.73 Å². The molecule has 0 aliphatic carbocycles. The van der Waals surface area contributed by atoms with Crippen LogP contribution in [0, 0.1) is 0 Å². The first-order valence-electron chi connectivity index (χ1n) is 7.60. The zero-order chi connectivity index (χ0) is 19.5. The molecule has 1 saturated heterocycles. The van der Waals surface area contributed by atoms with E-state index in [1.165, 1.54) is 4.94 Å². The minimum atomic E-state index is -4.78. The van der Waals surface area contributed by atoms with E-state index in [0.717, 1.165) is 0 Å². The first kappa shape index (κ1) is 21.2. The molecule has 0 unspecified atom stereocenters. The molecule has 1 fully saturated rings. The molecule has 26 heavy (non-hydrogen) atoms. The molecule has 146 valence electrons. The molecule has 1 aromatic rings. The molecule has 1 aliphatic rings. The number of aliphatic hydroxyl groups is 1. The van der Waals surface area contributed by atoms with Gasteiger partial charge in [0, 0.05) is 0 Å². The van der Waals surface area contributed by atoms with Crippen molar-refractivity contribution in [2.45, 2.75) is 44.2 Å². The molecule has 1 aliphatic heterocycles. The van der Waals surface area contributed by atoms with Crippen LogP contribution in [0.25, 0.3) is 0 Å². The molecular formula is C13H19N2O9PSe. The average molecular weight is 457 g/mol. The van der Waals surface area contributed by atoms with E-state index in [4.69, 9.17) is 25.0 Å². The fourth-order valence-electron chi connectivity index (χ4n) is 2.34. The van der Waals surface area contributed by atoms with E-state index in [9.17, 15) is 19.3 Å². The van der Waals surface area contributed by atoms with Crippen molar-refractivity contribution in [3.8, 4) is 0 Å². The number of nitrogens with zero attached hydrogens (tertiary/aromatic N) is 1. The van der Waals surface area contributed by atoms with Crippen molar-refractivity contribution in [3.05, 3.63) is 15.2 Å². The van der Waals surface area contributed by atoms with Crippen molar-refractivity contribution in [2.24, 2.45) is 5.73 Å². The monoisotopic (exact) mass is 458 g/mol. The summed E-state index contributed by atoms with van der Waals surface area (Å²) >= 11 is -0.410. The number of primary amides is 1. The summed E-state index contributed by atoms with van der Waals surface area (Å²) in [6, 6.07) is 0. The van der Waals surface area contributed by atoms with E-state index < -0.39 is 65.2 Å². The molecule has 11 nitrogen and oxygen atoms in total. The third-order valence-electron chi connectivity index (χ3n) is 3.48. The number of rotatable bonds is 8. The van der Waals surface area contributed by atoms with Crippen molar-refractivity contribution in [3.63, 3.8) is 0 Å². The molecule has 4 atom stereocenters. The molecule has 0 radical (unpaired) electrons. The van der Waals surface area contributed by atoms with Crippen molar-refractivity contribution in [2.75, 3.05) is 6.61 Å². The van der Waals surface area contributed by atoms with E-state index in [-0.39, 0.29) is 12.1 Å². The van der Waals surface area contributed by atoms with E-state index >= 15 is 0 Å². The quantitative estimate of drug-likeness (QED) is 0.212. The number of hydrogen-bond donors (Lipinski definition) is 4. The molecule has 2 rings (SSSR count). The molecule has 1 aromatic heterocycles. The number of amides is 1. The second kappa shape index (κ2) is 8.73. The van der Waals surface area contributed by atoms with E-state index in [2.05, 4.69) is 9.51 Å². The van der Waals surface area contributed by atoms with Crippen LogP contribution in [-0.4, -0.2) is 71.2 Å². The summed E-state index contributed by atoms with van der Waals surface area (Å²) in [6.45, 7) is 1.17. The molecule has 0 bridgehead atoms. The van der Waals surface area contributed by atoms with Gasteiger partial charge in [0.25, 0.3) is 0 Å². The fraction of sp³-hybridized carbons (Fsp3) is 0.615. The van der Waals surface area contributed by atoms with Gasteiger partial charge in [-0.1, -0.05) is 0 Å². The molecular weight excluding hydrogens is 438 g/mol. The number of phosphoric ester groups is 1. The number of carbonyl (C=O) groups excluding carboxylic acids is 2. The minimum absolute atomic E-state index is 0.0465. The molecule has 2 heterocycles. The molecule has 13 heteroatoms. The third-order valence-corrected chi connectivity index (χ3v) is 5.87. The zero-order valence-corrected chi connectivity index (χ0v) is 16.3. The van der Waals surface area contributed by atoms with Crippen LogP contribution in [0.1, 0.15) is 40.9 Å². The van der Waals surface area contributed by atoms with Crippen LogP contribution in [0.3, 0.4) is 0 Å². The van der Waals surface area contributed by atoms with Crippen LogP contribution >= 0.6 is 7.82 Å². The average Bonchev–Trinajstić information content (AvgIpc) is 3.12. The van der Waals surface area contributed by atoms with Gasteiger partial charge in [-0.3, -0.25) is 0 Å². The Morgan fingerprint density at radius 1 is 1.46 bits per heavy atom. The van der Waals surface area contributed by atoms with Gasteiger partial charge in [-0.15, -0.1) is 0 Å². The maximum atomic E-state index is 11.8. The van der Waals surface area contributed by atoms with Gasteiger partial charge in [-0.25, -0.2) is 0 Å². The second-order valence-electron chi connectivity index (χ2n) is 5.51. The predicted octanol–water partition coefficient (Wildman–Crippen LogP) is -1.14. The zero-order valence-electron chi connectivity index (χ0n) is 13.7. The number of aliphatic hydroxyl groups excluding tert-OH is 1. The number of hydrogen-bond acceptors (Lipinski definition) is 8. The standard InChI is InChI=1S/C13H19N2O9PSe/c1-2-3-8(16)24-10-7(4-22-25(19,20)21)23-11(9(10)17)13-15-6(5-26-13)12(14)18/h5,7,9-11,17H,2-4H2,1H3,(H2,14,18)(H2,19,20,21)/t7-,9-,10-,11-/m1/s1. The van der Waals surface area contributed by atoms with Gasteiger partial charge in [0.2, 0.25) is 0 Å². The Bertz CT molecular complexity index is 706. The summed E-state index contributed by atoms with van der Waals surface area (Å²) in [5.74, 6) is -1.31. The Hall–Kier alpha value is -1.10. The number of ether oxygens (including phenoxy) is 2. The molecule has 1 amide bonds. The normalized spacial score (nSPS) is 26.0. The first-order valence-corrected chi connectivity index (χ1v) is 11.0. The van der Waals surface area contributed by atoms with Gasteiger partial charge in [-0.2, -0.15) is 0 Å². The number of phosphoric acid groups is 1. The summed E-state index contributed by atoms with van der Waals surface area (Å²) in [5, 5.41) is 10.5. The fourth-order valence-corrected chi connectivity index (χ4v) is 4.53. The van der Waals surface area contributed by atoms with Gasteiger partial charge in [0.1, 0.15) is 0 Å². The van der Waals surface area contributed by atoms with Crippen LogP contribution in [0.4, 0.5) is 0 Å². The second-order valence-corrected chi connectivity index (χ2v) is 8.62. The van der Waals surface area contributed by atoms with Gasteiger partial charge < -0.3 is 0 Å². The topological polar surface area (TPSA) is 178 Å². The van der Waals surface area contributed by atoms with E-state index in [0.29, 0.717) is 11.0 Å². The SMILES string of the molecule is CCCC(=O)O[C@H]1[C@@H](O)[C@H](c2nc(C(N)=O)c[se]2)O[C@@H]1COP(=O)(O)O. The van der Waals surface area contributed by atoms with Crippen molar-refractivity contribution in [1.82, 2.24) is 4.98 Å². The Balaban J connectivity index is 2.19. The van der Waals surface area contributed by atoms with Crippen LogP contribution in [0.2, 0.25) is 0 Å². The first-order chi connectivity index (χ1) is 12.1. The summed E-state index contributed by atoms with van der Waals surface area (Å²) in [4.78, 5) is 46.2. The maximum absolute atomic E-state index is 11.8. The summed E-state index contributed by atoms with van der Waals surface area (Å²) in [7, 11) is -4.78. The number of esters is 1. The van der Waals surface area contributed by atoms with Crippen LogP contribution in [-0.2, 0) is 23.4 Å². The van der Waals surface area contributed by atoms with E-state index in [1.807, 2.05) is 0 Å². The van der Waals surface area contributed by atoms with Gasteiger partial charge >= 0.3 is 154 Å². The molecule has 0 spiro atoms. The Morgan fingerprint density at radius 3 is 2.69 bits per heavy atom. The number of aromatic nitrogens is 1. The van der Waals surface area contributed by atoms with Crippen molar-refractivity contribution < 1.29 is 43.0 Å². The molecule has 0 saturated carbocycles.